The molecule has 1 aromatic heterocycles. The summed E-state index contributed by atoms with van der Waals surface area (Å²) in [4.78, 5) is 29.8. The molecule has 0 aliphatic carbocycles. The van der Waals surface area contributed by atoms with Gasteiger partial charge in [0, 0.05) is 32.7 Å². The maximum absolute atomic E-state index is 12.6. The van der Waals surface area contributed by atoms with Crippen molar-refractivity contribution in [2.75, 3.05) is 44.7 Å². The van der Waals surface area contributed by atoms with Crippen LogP contribution in [0, 0.1) is 13.8 Å². The van der Waals surface area contributed by atoms with Crippen molar-refractivity contribution < 1.29 is 19.1 Å². The Hall–Kier alpha value is -2.49. The van der Waals surface area contributed by atoms with Crippen molar-refractivity contribution in [3.8, 4) is 0 Å². The predicted molar refractivity (Wildman–Crippen MR) is 135 cm³/mol. The van der Waals surface area contributed by atoms with Crippen molar-refractivity contribution in [2.24, 2.45) is 0 Å². The number of esters is 2. The highest BCUT2D eigenvalue weighted by Crippen LogP contribution is 2.34. The molecule has 1 aliphatic heterocycles. The molecule has 33 heavy (non-hydrogen) atoms. The molecular formula is C24H31N3O4S2. The molecule has 0 saturated carbocycles. The number of thiophene rings is 1. The lowest BCUT2D eigenvalue weighted by molar-refractivity contribution is 0.0527. The van der Waals surface area contributed by atoms with Crippen LogP contribution in [0.25, 0.3) is 0 Å². The maximum Gasteiger partial charge on any atom is 0.348 e. The minimum Gasteiger partial charge on any atom is -0.462 e. The number of anilines is 1. The SMILES string of the molecule is CCOC(=O)c1sc(NC(=S)N2CCN(Cc3ccc(C)cc3)CC2)c(C(=O)OCC)c1C. The number of hydrogen-bond acceptors (Lipinski definition) is 7. The number of carbonyl (C=O) groups excluding carboxylic acids is 2. The molecule has 1 aromatic carbocycles. The van der Waals surface area contributed by atoms with E-state index >= 15 is 0 Å². The van der Waals surface area contributed by atoms with Crippen molar-refractivity contribution in [2.45, 2.75) is 34.2 Å². The summed E-state index contributed by atoms with van der Waals surface area (Å²) in [6.45, 7) is 12.1. The van der Waals surface area contributed by atoms with E-state index in [1.54, 1.807) is 20.8 Å². The fourth-order valence-corrected chi connectivity index (χ4v) is 5.12. The normalized spacial score (nSPS) is 14.1. The van der Waals surface area contributed by atoms with Crippen molar-refractivity contribution in [1.29, 1.82) is 0 Å². The number of benzene rings is 1. The van der Waals surface area contributed by atoms with Crippen LogP contribution >= 0.6 is 23.6 Å². The van der Waals surface area contributed by atoms with Crippen LogP contribution in [0.15, 0.2) is 24.3 Å². The Balaban J connectivity index is 1.66. The molecule has 0 radical (unpaired) electrons. The van der Waals surface area contributed by atoms with Crippen LogP contribution in [0.3, 0.4) is 0 Å². The van der Waals surface area contributed by atoms with Gasteiger partial charge in [-0.3, -0.25) is 4.90 Å². The predicted octanol–water partition coefficient (Wildman–Crippen LogP) is 4.23. The number of ether oxygens (including phenoxy) is 2. The number of nitrogens with zero attached hydrogens (tertiary/aromatic N) is 2. The van der Waals surface area contributed by atoms with Crippen molar-refractivity contribution in [1.82, 2.24) is 9.80 Å². The summed E-state index contributed by atoms with van der Waals surface area (Å²) in [5, 5.41) is 4.25. The van der Waals surface area contributed by atoms with Gasteiger partial charge in [-0.25, -0.2) is 9.59 Å². The van der Waals surface area contributed by atoms with Gasteiger partial charge in [0.2, 0.25) is 0 Å². The summed E-state index contributed by atoms with van der Waals surface area (Å²) in [6.07, 6.45) is 0. The largest absolute Gasteiger partial charge is 0.462 e. The Morgan fingerprint density at radius 1 is 1.00 bits per heavy atom. The molecule has 9 heteroatoms. The van der Waals surface area contributed by atoms with Crippen LogP contribution < -0.4 is 5.32 Å². The van der Waals surface area contributed by atoms with E-state index in [1.807, 2.05) is 0 Å². The molecular weight excluding hydrogens is 458 g/mol. The third kappa shape index (κ3) is 6.31. The summed E-state index contributed by atoms with van der Waals surface area (Å²) in [6, 6.07) is 8.62. The molecule has 1 fully saturated rings. The van der Waals surface area contributed by atoms with E-state index in [-0.39, 0.29) is 13.2 Å². The zero-order valence-electron chi connectivity index (χ0n) is 19.6. The minimum atomic E-state index is -0.477. The fourth-order valence-electron chi connectivity index (χ4n) is 3.68. The molecule has 2 heterocycles. The number of hydrogen-bond donors (Lipinski definition) is 1. The molecule has 0 spiro atoms. The Bertz CT molecular complexity index is 996. The van der Waals surface area contributed by atoms with Gasteiger partial charge in [0.1, 0.15) is 9.88 Å². The summed E-state index contributed by atoms with van der Waals surface area (Å²) in [7, 11) is 0. The van der Waals surface area contributed by atoms with Crippen LogP contribution in [0.1, 0.15) is 50.6 Å². The monoisotopic (exact) mass is 489 g/mol. The van der Waals surface area contributed by atoms with Gasteiger partial charge in [0.15, 0.2) is 5.11 Å². The number of piperazine rings is 1. The van der Waals surface area contributed by atoms with Crippen LogP contribution in [0.4, 0.5) is 5.00 Å². The number of thiocarbonyl (C=S) groups is 1. The highest BCUT2D eigenvalue weighted by molar-refractivity contribution is 7.80. The van der Waals surface area contributed by atoms with Gasteiger partial charge in [-0.05, 0) is 51.0 Å². The highest BCUT2D eigenvalue weighted by Gasteiger charge is 2.28. The molecule has 2 aromatic rings. The molecule has 178 valence electrons. The molecule has 1 N–H and O–H groups in total. The second-order valence-electron chi connectivity index (χ2n) is 7.88. The summed E-state index contributed by atoms with van der Waals surface area (Å²) < 4.78 is 10.4. The van der Waals surface area contributed by atoms with E-state index in [1.165, 1.54) is 22.5 Å². The fraction of sp³-hybridized carbons (Fsp3) is 0.458. The van der Waals surface area contributed by atoms with E-state index in [0.717, 1.165) is 32.7 Å². The van der Waals surface area contributed by atoms with Crippen LogP contribution in [-0.4, -0.2) is 66.2 Å². The molecule has 1 saturated heterocycles. The molecule has 0 unspecified atom stereocenters. The highest BCUT2D eigenvalue weighted by atomic mass is 32.1. The van der Waals surface area contributed by atoms with Crippen LogP contribution in [-0.2, 0) is 16.0 Å². The average Bonchev–Trinajstić information content (AvgIpc) is 3.12. The summed E-state index contributed by atoms with van der Waals surface area (Å²) >= 11 is 6.83. The quantitative estimate of drug-likeness (QED) is 0.458. The Kier molecular flexibility index (Phi) is 8.82. The molecule has 3 rings (SSSR count). The van der Waals surface area contributed by atoms with Crippen molar-refractivity contribution in [3.63, 3.8) is 0 Å². The van der Waals surface area contributed by atoms with Gasteiger partial charge >= 0.3 is 11.9 Å². The first kappa shape index (κ1) is 25.1. The summed E-state index contributed by atoms with van der Waals surface area (Å²) in [5.74, 6) is -0.927. The first-order valence-electron chi connectivity index (χ1n) is 11.2. The standard InChI is InChI=1S/C24H31N3O4S2/c1-5-30-22(28)19-17(4)20(23(29)31-6-2)33-21(19)25-24(32)27-13-11-26(12-14-27)15-18-9-7-16(3)8-10-18/h7-10H,5-6,11-15H2,1-4H3,(H,25,32). The molecule has 0 amide bonds. The number of carbonyl (C=O) groups is 2. The lowest BCUT2D eigenvalue weighted by atomic mass is 10.1. The molecule has 7 nitrogen and oxygen atoms in total. The zero-order chi connectivity index (χ0) is 24.0. The van der Waals surface area contributed by atoms with Crippen molar-refractivity contribution in [3.05, 3.63) is 51.4 Å². The number of aryl methyl sites for hydroxylation is 1. The third-order valence-electron chi connectivity index (χ3n) is 5.49. The number of rotatable bonds is 7. The Morgan fingerprint density at radius 2 is 1.61 bits per heavy atom. The number of nitrogens with one attached hydrogen (secondary N) is 1. The van der Waals surface area contributed by atoms with Gasteiger partial charge in [-0.15, -0.1) is 11.3 Å². The zero-order valence-corrected chi connectivity index (χ0v) is 21.2. The first-order chi connectivity index (χ1) is 15.8. The van der Waals surface area contributed by atoms with E-state index in [2.05, 4.69) is 46.3 Å². The maximum atomic E-state index is 12.6. The first-order valence-corrected chi connectivity index (χ1v) is 12.4. The van der Waals surface area contributed by atoms with Gasteiger partial charge in [0.25, 0.3) is 0 Å². The second-order valence-corrected chi connectivity index (χ2v) is 9.29. The molecule has 0 atom stereocenters. The van der Waals surface area contributed by atoms with Gasteiger partial charge in [0.05, 0.1) is 18.8 Å². The van der Waals surface area contributed by atoms with Gasteiger partial charge < -0.3 is 19.7 Å². The second kappa shape index (κ2) is 11.6. The van der Waals surface area contributed by atoms with E-state index in [9.17, 15) is 9.59 Å². The molecule has 1 aliphatic rings. The van der Waals surface area contributed by atoms with E-state index in [0.29, 0.717) is 26.1 Å². The summed E-state index contributed by atoms with van der Waals surface area (Å²) in [5.41, 5.74) is 3.45. The van der Waals surface area contributed by atoms with Crippen molar-refractivity contribution >= 4 is 45.6 Å². The van der Waals surface area contributed by atoms with Crippen LogP contribution in [0.5, 0.6) is 0 Å². The van der Waals surface area contributed by atoms with Gasteiger partial charge in [-0.2, -0.15) is 0 Å². The lowest BCUT2D eigenvalue weighted by Gasteiger charge is -2.36. The average molecular weight is 490 g/mol. The lowest BCUT2D eigenvalue weighted by Crippen LogP contribution is -2.49. The van der Waals surface area contributed by atoms with Gasteiger partial charge in [-0.1, -0.05) is 29.8 Å². The topological polar surface area (TPSA) is 71.1 Å². The smallest absolute Gasteiger partial charge is 0.348 e. The van der Waals surface area contributed by atoms with Crippen LogP contribution in [0.2, 0.25) is 0 Å². The van der Waals surface area contributed by atoms with E-state index < -0.39 is 11.9 Å². The minimum absolute atomic E-state index is 0.246. The Morgan fingerprint density at radius 3 is 2.21 bits per heavy atom. The van der Waals surface area contributed by atoms with E-state index in [4.69, 9.17) is 21.7 Å². The third-order valence-corrected chi connectivity index (χ3v) is 7.04. The molecule has 0 bridgehead atoms. The Labute approximate surface area is 204 Å².